The Balaban J connectivity index is 2.65. The van der Waals surface area contributed by atoms with Crippen molar-refractivity contribution in [2.24, 2.45) is 4.99 Å². The molecule has 1 heterocycles. The Morgan fingerprint density at radius 2 is 2.00 bits per heavy atom. The summed E-state index contributed by atoms with van der Waals surface area (Å²) in [5, 5.41) is 22.4. The Labute approximate surface area is 128 Å². The number of halogens is 2. The van der Waals surface area contributed by atoms with Crippen molar-refractivity contribution in [1.82, 2.24) is 0 Å². The van der Waals surface area contributed by atoms with Crippen molar-refractivity contribution in [3.05, 3.63) is 48.0 Å². The van der Waals surface area contributed by atoms with Gasteiger partial charge < -0.3 is 4.74 Å². The number of fused-ring (bicyclic) bond motifs is 1. The van der Waals surface area contributed by atoms with Gasteiger partial charge in [0.05, 0.1) is 5.02 Å². The molecule has 0 bridgehead atoms. The van der Waals surface area contributed by atoms with E-state index in [9.17, 15) is 20.2 Å². The van der Waals surface area contributed by atoms with Crippen molar-refractivity contribution in [2.75, 3.05) is 13.6 Å². The maximum Gasteiger partial charge on any atom is 0.300 e. The van der Waals surface area contributed by atoms with Crippen molar-refractivity contribution in [1.29, 1.82) is 0 Å². The average molecular weight is 334 g/mol. The third-order valence-electron chi connectivity index (χ3n) is 3.07. The molecule has 0 amide bonds. The molecule has 0 radical (unpaired) electrons. The minimum atomic E-state index is -1.46. The Kier molecular flexibility index (Phi) is 4.29. The predicted molar refractivity (Wildman–Crippen MR) is 75.8 cm³/mol. The molecular weight excluding hydrogens is 325 g/mol. The van der Waals surface area contributed by atoms with E-state index < -0.39 is 28.4 Å². The van der Waals surface area contributed by atoms with Gasteiger partial charge in [-0.3, -0.25) is 25.2 Å². The molecule has 0 saturated heterocycles. The third kappa shape index (κ3) is 2.91. The summed E-state index contributed by atoms with van der Waals surface area (Å²) in [5.74, 6) is -1.16. The molecule has 21 heavy (non-hydrogen) atoms. The summed E-state index contributed by atoms with van der Waals surface area (Å²) in [6.45, 7) is -0.655. The van der Waals surface area contributed by atoms with Gasteiger partial charge in [-0.2, -0.15) is 0 Å². The second-order valence-corrected chi connectivity index (χ2v) is 5.17. The van der Waals surface area contributed by atoms with E-state index in [1.54, 1.807) is 0 Å². The topological polar surface area (TPSA) is 108 Å². The third-order valence-corrected chi connectivity index (χ3v) is 3.57. The van der Waals surface area contributed by atoms with Gasteiger partial charge >= 0.3 is 0 Å². The lowest BCUT2D eigenvalue weighted by molar-refractivity contribution is -0.533. The molecule has 0 saturated carbocycles. The van der Waals surface area contributed by atoms with E-state index in [0.29, 0.717) is 0 Å². The van der Waals surface area contributed by atoms with Gasteiger partial charge in [-0.15, -0.1) is 0 Å². The number of hydrogen-bond donors (Lipinski definition) is 0. The highest BCUT2D eigenvalue weighted by atomic mass is 35.5. The first-order valence-electron chi connectivity index (χ1n) is 5.74. The van der Waals surface area contributed by atoms with Crippen LogP contribution in [-0.4, -0.2) is 35.4 Å². The minimum absolute atomic E-state index is 0.117. The number of aliphatic imine (C=N–C) groups is 1. The van der Waals surface area contributed by atoms with Gasteiger partial charge in [0.25, 0.3) is 11.9 Å². The van der Waals surface area contributed by atoms with Gasteiger partial charge in [0, 0.05) is 27.5 Å². The van der Waals surface area contributed by atoms with E-state index >= 15 is 0 Å². The second-order valence-electron chi connectivity index (χ2n) is 4.32. The molecule has 10 heteroatoms. The first-order valence-corrected chi connectivity index (χ1v) is 6.49. The Bertz CT molecular complexity index is 649. The zero-order valence-electron chi connectivity index (χ0n) is 10.7. The van der Waals surface area contributed by atoms with Crippen LogP contribution in [0.25, 0.3) is 0 Å². The van der Waals surface area contributed by atoms with Crippen LogP contribution in [0.4, 0.5) is 0 Å². The number of benzene rings is 1. The fourth-order valence-electron chi connectivity index (χ4n) is 2.24. The van der Waals surface area contributed by atoms with E-state index in [1.807, 2.05) is 0 Å². The summed E-state index contributed by atoms with van der Waals surface area (Å²) in [7, 11) is 1.31. The lowest BCUT2D eigenvalue weighted by Crippen LogP contribution is -2.44. The number of nitrogens with zero attached hydrogens (tertiary/aromatic N) is 3. The SMILES string of the molecule is CN=C1Oc2c(Cl)cc(Cl)cc2C(C[N+](=O)[O-])C1[N+](=O)[O-]. The van der Waals surface area contributed by atoms with Gasteiger partial charge in [-0.25, -0.2) is 0 Å². The second kappa shape index (κ2) is 5.82. The van der Waals surface area contributed by atoms with Crippen molar-refractivity contribution >= 4 is 29.1 Å². The maximum absolute atomic E-state index is 11.3. The highest BCUT2D eigenvalue weighted by Crippen LogP contribution is 2.42. The quantitative estimate of drug-likeness (QED) is 0.623. The molecule has 0 aliphatic carbocycles. The molecule has 0 N–H and O–H groups in total. The number of ether oxygens (including phenoxy) is 1. The van der Waals surface area contributed by atoms with Crippen molar-refractivity contribution in [3.63, 3.8) is 0 Å². The first kappa shape index (κ1) is 15.5. The van der Waals surface area contributed by atoms with Crippen LogP contribution in [0.15, 0.2) is 17.1 Å². The van der Waals surface area contributed by atoms with Crippen LogP contribution < -0.4 is 4.74 Å². The summed E-state index contributed by atoms with van der Waals surface area (Å²) in [6.07, 6.45) is 0. The van der Waals surface area contributed by atoms with Crippen LogP contribution in [0.3, 0.4) is 0 Å². The molecule has 8 nitrogen and oxygen atoms in total. The highest BCUT2D eigenvalue weighted by Gasteiger charge is 2.48. The van der Waals surface area contributed by atoms with Gasteiger partial charge in [0.15, 0.2) is 5.75 Å². The van der Waals surface area contributed by atoms with E-state index in [0.717, 1.165) is 0 Å². The molecule has 0 spiro atoms. The fourth-order valence-corrected chi connectivity index (χ4v) is 2.79. The van der Waals surface area contributed by atoms with Crippen LogP contribution in [0.5, 0.6) is 5.75 Å². The Hall–Kier alpha value is -1.93. The summed E-state index contributed by atoms with van der Waals surface area (Å²) < 4.78 is 5.35. The van der Waals surface area contributed by atoms with Crippen LogP contribution in [0, 0.1) is 20.2 Å². The molecule has 0 aromatic heterocycles. The largest absolute Gasteiger partial charge is 0.435 e. The van der Waals surface area contributed by atoms with E-state index in [1.165, 1.54) is 19.2 Å². The van der Waals surface area contributed by atoms with Gasteiger partial charge in [0.2, 0.25) is 6.54 Å². The molecule has 1 aliphatic rings. The predicted octanol–water partition coefficient (Wildman–Crippen LogP) is 2.42. The zero-order chi connectivity index (χ0) is 15.7. The van der Waals surface area contributed by atoms with Crippen LogP contribution >= 0.6 is 23.2 Å². The normalized spacial score (nSPS) is 22.5. The summed E-state index contributed by atoms with van der Waals surface area (Å²) in [6, 6.07) is 1.33. The molecule has 1 aromatic rings. The molecule has 112 valence electrons. The summed E-state index contributed by atoms with van der Waals surface area (Å²) in [4.78, 5) is 24.5. The van der Waals surface area contributed by atoms with Gasteiger partial charge in [-0.05, 0) is 12.1 Å². The molecule has 0 fully saturated rings. The van der Waals surface area contributed by atoms with Gasteiger partial charge in [-0.1, -0.05) is 23.2 Å². The van der Waals surface area contributed by atoms with Crippen LogP contribution in [-0.2, 0) is 0 Å². The molecule has 1 aliphatic heterocycles. The Morgan fingerprint density at radius 1 is 1.33 bits per heavy atom. The summed E-state index contributed by atoms with van der Waals surface area (Å²) in [5.41, 5.74) is 0.235. The number of rotatable bonds is 3. The molecular formula is C11H9Cl2N3O5. The molecule has 2 unspecified atom stereocenters. The van der Waals surface area contributed by atoms with Gasteiger partial charge in [0.1, 0.15) is 5.92 Å². The minimum Gasteiger partial charge on any atom is -0.435 e. The van der Waals surface area contributed by atoms with Crippen LogP contribution in [0.1, 0.15) is 11.5 Å². The lowest BCUT2D eigenvalue weighted by Gasteiger charge is -2.27. The van der Waals surface area contributed by atoms with E-state index in [-0.39, 0.29) is 27.3 Å². The standard InChI is InChI=1S/C11H9Cl2N3O5/c1-14-11-9(16(19)20)7(4-15(17)18)6-2-5(12)3-8(13)10(6)21-11/h2-3,7,9H,4H2,1H3. The number of nitro groups is 2. The molecule has 2 rings (SSSR count). The molecule has 2 atom stereocenters. The van der Waals surface area contributed by atoms with Crippen molar-refractivity contribution in [2.45, 2.75) is 12.0 Å². The lowest BCUT2D eigenvalue weighted by atomic mass is 9.88. The average Bonchev–Trinajstić information content (AvgIpc) is 2.37. The van der Waals surface area contributed by atoms with Crippen LogP contribution in [0.2, 0.25) is 10.0 Å². The van der Waals surface area contributed by atoms with E-state index in [2.05, 4.69) is 4.99 Å². The first-order chi connectivity index (χ1) is 9.85. The highest BCUT2D eigenvalue weighted by molar-refractivity contribution is 6.35. The van der Waals surface area contributed by atoms with E-state index in [4.69, 9.17) is 27.9 Å². The summed E-state index contributed by atoms with van der Waals surface area (Å²) >= 11 is 11.9. The zero-order valence-corrected chi connectivity index (χ0v) is 12.2. The van der Waals surface area contributed by atoms with Crippen molar-refractivity contribution in [3.8, 4) is 5.75 Å². The smallest absolute Gasteiger partial charge is 0.300 e. The maximum atomic E-state index is 11.3. The fraction of sp³-hybridized carbons (Fsp3) is 0.364. The van der Waals surface area contributed by atoms with Crippen molar-refractivity contribution < 1.29 is 14.6 Å². The Morgan fingerprint density at radius 3 is 2.52 bits per heavy atom. The number of hydrogen-bond acceptors (Lipinski definition) is 6. The molecule has 1 aromatic carbocycles. The monoisotopic (exact) mass is 333 g/mol.